The Balaban J connectivity index is 1.68. The van der Waals surface area contributed by atoms with Crippen LogP contribution >= 0.6 is 0 Å². The number of benzene rings is 1. The molecular weight excluding hydrogens is 472 g/mol. The molecule has 0 bridgehead atoms. The van der Waals surface area contributed by atoms with Gasteiger partial charge in [-0.05, 0) is 31.1 Å². The van der Waals surface area contributed by atoms with Crippen LogP contribution in [0.5, 0.6) is 5.88 Å². The number of aromatic nitrogens is 3. The summed E-state index contributed by atoms with van der Waals surface area (Å²) in [5.74, 6) is -3.03. The third kappa shape index (κ3) is 5.96. The number of hydrogen-bond acceptors (Lipinski definition) is 9. The first-order chi connectivity index (χ1) is 16.1. The number of carbonyl (C=O) groups excluding carboxylic acids is 2. The highest BCUT2D eigenvalue weighted by atomic mass is 32.2. The van der Waals surface area contributed by atoms with Crippen molar-refractivity contribution < 1.29 is 37.2 Å². The van der Waals surface area contributed by atoms with Crippen LogP contribution in [0.3, 0.4) is 0 Å². The Kier molecular flexibility index (Phi) is 7.28. The van der Waals surface area contributed by atoms with Crippen LogP contribution in [0.2, 0.25) is 0 Å². The number of hydrogen-bond donors (Lipinski definition) is 5. The molecule has 0 radical (unpaired) electrons. The fourth-order valence-corrected chi connectivity index (χ4v) is 3.90. The minimum Gasteiger partial charge on any atom is -0.480 e. The van der Waals surface area contributed by atoms with Crippen molar-refractivity contribution >= 4 is 39.4 Å². The minimum absolute atomic E-state index is 0.123. The number of aliphatic carboxylic acids is 1. The maximum Gasteiger partial charge on any atom is 0.321 e. The summed E-state index contributed by atoms with van der Waals surface area (Å²) in [5, 5.41) is 17.4. The normalized spacial score (nSPS) is 13.0. The van der Waals surface area contributed by atoms with E-state index in [1.54, 1.807) is 0 Å². The minimum atomic E-state index is -4.27. The van der Waals surface area contributed by atoms with Gasteiger partial charge in [0.25, 0.3) is 17.7 Å². The second-order valence-electron chi connectivity index (χ2n) is 6.85. The van der Waals surface area contributed by atoms with E-state index in [1.807, 2.05) is 4.72 Å². The van der Waals surface area contributed by atoms with Crippen LogP contribution in [-0.2, 0) is 19.6 Å². The molecule has 5 N–H and O–H groups in total. The first-order valence-corrected chi connectivity index (χ1v) is 11.1. The van der Waals surface area contributed by atoms with Crippen molar-refractivity contribution in [1.29, 1.82) is 0 Å². The fraction of sp³-hybridized carbons (Fsp3) is 0.211. The second kappa shape index (κ2) is 10.1. The van der Waals surface area contributed by atoms with Crippen LogP contribution in [0.15, 0.2) is 52.1 Å². The number of aromatic amines is 1. The smallest absolute Gasteiger partial charge is 0.321 e. The van der Waals surface area contributed by atoms with E-state index < -0.39 is 40.0 Å². The van der Waals surface area contributed by atoms with Crippen molar-refractivity contribution in [2.24, 2.45) is 0 Å². The summed E-state index contributed by atoms with van der Waals surface area (Å²) >= 11 is 0. The molecule has 15 heteroatoms. The van der Waals surface area contributed by atoms with Crippen molar-refractivity contribution in [2.45, 2.75) is 30.9 Å². The summed E-state index contributed by atoms with van der Waals surface area (Å²) in [4.78, 5) is 41.9. The number of carbonyl (C=O) groups is 3. The second-order valence-corrected chi connectivity index (χ2v) is 8.53. The molecule has 3 aromatic rings. The SMILES string of the molecule is CC(NS(=O)(=O)c1ccccc1NC(=O)c1cc(OC(C)C(=O)Nc2ncc[nH]2)no1)C(=O)O. The number of rotatable bonds is 10. The van der Waals surface area contributed by atoms with Crippen molar-refractivity contribution in [2.75, 3.05) is 10.6 Å². The number of imidazole rings is 1. The summed E-state index contributed by atoms with van der Waals surface area (Å²) in [6.07, 6.45) is 1.96. The van der Waals surface area contributed by atoms with E-state index in [0.29, 0.717) is 0 Å². The van der Waals surface area contributed by atoms with Crippen molar-refractivity contribution in [3.8, 4) is 5.88 Å². The van der Waals surface area contributed by atoms with Gasteiger partial charge in [0.05, 0.1) is 11.8 Å². The lowest BCUT2D eigenvalue weighted by Crippen LogP contribution is -2.38. The Labute approximate surface area is 192 Å². The number of carboxylic acids is 1. The molecule has 2 amide bonds. The average molecular weight is 492 g/mol. The van der Waals surface area contributed by atoms with Gasteiger partial charge in [0.2, 0.25) is 21.7 Å². The van der Waals surface area contributed by atoms with Gasteiger partial charge < -0.3 is 24.7 Å². The quantitative estimate of drug-likeness (QED) is 0.269. The number of carboxylic acid groups (broad SMARTS) is 1. The third-order valence-electron chi connectivity index (χ3n) is 4.25. The maximum absolute atomic E-state index is 12.6. The molecule has 0 aliphatic heterocycles. The Morgan fingerprint density at radius 3 is 2.59 bits per heavy atom. The molecule has 14 nitrogen and oxygen atoms in total. The monoisotopic (exact) mass is 492 g/mol. The summed E-state index contributed by atoms with van der Waals surface area (Å²) in [6, 6.07) is 5.12. The zero-order valence-electron chi connectivity index (χ0n) is 17.8. The molecule has 34 heavy (non-hydrogen) atoms. The Bertz CT molecular complexity index is 1290. The number of para-hydroxylation sites is 1. The van der Waals surface area contributed by atoms with Gasteiger partial charge in [-0.15, -0.1) is 0 Å². The zero-order chi connectivity index (χ0) is 24.9. The molecule has 0 aliphatic carbocycles. The van der Waals surface area contributed by atoms with E-state index in [9.17, 15) is 22.8 Å². The Morgan fingerprint density at radius 2 is 1.91 bits per heavy atom. The standard InChI is InChI=1S/C19H20N6O8S/c1-10(18(28)29)25-34(30,31)14-6-4-3-5-12(14)22-17(27)13-9-15(24-33-13)32-11(2)16(26)23-19-20-7-8-21-19/h3-11,25H,1-2H3,(H,22,27)(H,28,29)(H2,20,21,23,26). The molecule has 2 unspecified atom stereocenters. The molecule has 0 fully saturated rings. The zero-order valence-corrected chi connectivity index (χ0v) is 18.6. The topological polar surface area (TPSA) is 206 Å². The van der Waals surface area contributed by atoms with Crippen molar-refractivity contribution in [3.05, 3.63) is 48.5 Å². The van der Waals surface area contributed by atoms with Crippen molar-refractivity contribution in [1.82, 2.24) is 19.8 Å². The lowest BCUT2D eigenvalue weighted by atomic mass is 10.3. The number of anilines is 2. The van der Waals surface area contributed by atoms with E-state index >= 15 is 0 Å². The first-order valence-electron chi connectivity index (χ1n) is 9.66. The van der Waals surface area contributed by atoms with E-state index in [-0.39, 0.29) is 28.2 Å². The van der Waals surface area contributed by atoms with E-state index in [0.717, 1.165) is 13.0 Å². The van der Waals surface area contributed by atoms with Gasteiger partial charge in [-0.1, -0.05) is 12.1 Å². The number of H-pyrrole nitrogens is 1. The van der Waals surface area contributed by atoms with Gasteiger partial charge in [0.1, 0.15) is 10.9 Å². The molecule has 3 rings (SSSR count). The van der Waals surface area contributed by atoms with Gasteiger partial charge in [-0.3, -0.25) is 19.7 Å². The van der Waals surface area contributed by atoms with Crippen LogP contribution in [0.1, 0.15) is 24.4 Å². The lowest BCUT2D eigenvalue weighted by molar-refractivity contribution is -0.138. The summed E-state index contributed by atoms with van der Waals surface area (Å²) in [6.45, 7) is 2.60. The first kappa shape index (κ1) is 24.4. The van der Waals surface area contributed by atoms with Gasteiger partial charge in [-0.2, -0.15) is 4.72 Å². The molecule has 2 atom stereocenters. The molecule has 0 aliphatic rings. The number of ether oxygens (including phenoxy) is 1. The van der Waals surface area contributed by atoms with E-state index in [1.165, 1.54) is 43.6 Å². The number of amides is 2. The third-order valence-corrected chi connectivity index (χ3v) is 5.84. The van der Waals surface area contributed by atoms with Gasteiger partial charge in [0, 0.05) is 12.4 Å². The van der Waals surface area contributed by atoms with Crippen LogP contribution in [0.25, 0.3) is 0 Å². The number of nitrogens with zero attached hydrogens (tertiary/aromatic N) is 2. The number of sulfonamides is 1. The average Bonchev–Trinajstić information content (AvgIpc) is 3.46. The Morgan fingerprint density at radius 1 is 1.18 bits per heavy atom. The fourth-order valence-electron chi connectivity index (χ4n) is 2.54. The van der Waals surface area contributed by atoms with E-state index in [4.69, 9.17) is 14.4 Å². The molecule has 2 heterocycles. The van der Waals surface area contributed by atoms with Gasteiger partial charge >= 0.3 is 5.97 Å². The maximum atomic E-state index is 12.6. The van der Waals surface area contributed by atoms with Gasteiger partial charge in [0.15, 0.2) is 6.10 Å². The van der Waals surface area contributed by atoms with Gasteiger partial charge in [-0.25, -0.2) is 13.4 Å². The largest absolute Gasteiger partial charge is 0.480 e. The molecule has 0 saturated heterocycles. The summed E-state index contributed by atoms with van der Waals surface area (Å²) in [5.41, 5.74) is -0.123. The van der Waals surface area contributed by atoms with E-state index in [2.05, 4.69) is 25.8 Å². The van der Waals surface area contributed by atoms with Crippen LogP contribution in [-0.4, -0.2) is 58.6 Å². The molecular formula is C19H20N6O8S. The highest BCUT2D eigenvalue weighted by Gasteiger charge is 2.26. The predicted molar refractivity (Wildman–Crippen MR) is 116 cm³/mol. The predicted octanol–water partition coefficient (Wildman–Crippen LogP) is 0.807. The van der Waals surface area contributed by atoms with Crippen LogP contribution in [0.4, 0.5) is 11.6 Å². The van der Waals surface area contributed by atoms with Crippen LogP contribution in [0, 0.1) is 0 Å². The number of nitrogens with one attached hydrogen (secondary N) is 4. The van der Waals surface area contributed by atoms with Crippen LogP contribution < -0.4 is 20.1 Å². The summed E-state index contributed by atoms with van der Waals surface area (Å²) in [7, 11) is -4.27. The summed E-state index contributed by atoms with van der Waals surface area (Å²) < 4.78 is 37.4. The molecule has 0 spiro atoms. The highest BCUT2D eigenvalue weighted by molar-refractivity contribution is 7.89. The molecule has 180 valence electrons. The molecule has 2 aromatic heterocycles. The Hall–Kier alpha value is -4.24. The molecule has 0 saturated carbocycles. The van der Waals surface area contributed by atoms with Crippen molar-refractivity contribution in [3.63, 3.8) is 0 Å². The lowest BCUT2D eigenvalue weighted by Gasteiger charge is -2.13. The molecule has 1 aromatic carbocycles. The highest BCUT2D eigenvalue weighted by Crippen LogP contribution is 2.23.